The molecular formula is C18H22N2O5. The number of hydrogen-bond donors (Lipinski definition) is 0. The highest BCUT2D eigenvalue weighted by Gasteiger charge is 2.42. The van der Waals surface area contributed by atoms with E-state index in [0.29, 0.717) is 45.6 Å². The molecule has 3 aliphatic rings. The smallest absolute Gasteiger partial charge is 0.266 e. The standard InChI is InChI=1S/C18H22N2O5/c1-22-14-4-2-13(3-5-14)15-12-16(25-19-15)17(21)20-8-6-18(7-9-20)23-10-11-24-18/h2-5,16H,6-12H2,1H3. The number of carbonyl (C=O) groups excluding carboxylic acids is 1. The number of likely N-dealkylation sites (tertiary alicyclic amines) is 1. The molecule has 1 atom stereocenters. The van der Waals surface area contributed by atoms with Crippen molar-refractivity contribution >= 4 is 11.6 Å². The number of benzene rings is 1. The molecule has 134 valence electrons. The van der Waals surface area contributed by atoms with Crippen molar-refractivity contribution in [2.75, 3.05) is 33.4 Å². The largest absolute Gasteiger partial charge is 0.497 e. The van der Waals surface area contributed by atoms with Crippen LogP contribution in [0.2, 0.25) is 0 Å². The molecule has 25 heavy (non-hydrogen) atoms. The molecule has 1 aromatic carbocycles. The van der Waals surface area contributed by atoms with Gasteiger partial charge in [0.25, 0.3) is 5.91 Å². The molecule has 0 bridgehead atoms. The number of nitrogens with zero attached hydrogens (tertiary/aromatic N) is 2. The average Bonchev–Trinajstić information content (AvgIpc) is 3.32. The van der Waals surface area contributed by atoms with Crippen LogP contribution in [0.1, 0.15) is 24.8 Å². The first kappa shape index (κ1) is 16.4. The van der Waals surface area contributed by atoms with Gasteiger partial charge in [0, 0.05) is 32.4 Å². The maximum atomic E-state index is 12.7. The summed E-state index contributed by atoms with van der Waals surface area (Å²) in [6, 6.07) is 7.60. The van der Waals surface area contributed by atoms with Crippen LogP contribution in [0.3, 0.4) is 0 Å². The molecule has 4 rings (SSSR count). The molecular weight excluding hydrogens is 324 g/mol. The van der Waals surface area contributed by atoms with Gasteiger partial charge in [-0.1, -0.05) is 5.16 Å². The van der Waals surface area contributed by atoms with Gasteiger partial charge in [-0.25, -0.2) is 0 Å². The number of carbonyl (C=O) groups is 1. The molecule has 1 unspecified atom stereocenters. The highest BCUT2D eigenvalue weighted by atomic mass is 16.7. The number of ether oxygens (including phenoxy) is 3. The predicted octanol–water partition coefficient (Wildman–Crippen LogP) is 1.55. The molecule has 0 saturated carbocycles. The molecule has 0 aliphatic carbocycles. The summed E-state index contributed by atoms with van der Waals surface area (Å²) in [5.74, 6) is 0.299. The topological polar surface area (TPSA) is 69.6 Å². The summed E-state index contributed by atoms with van der Waals surface area (Å²) in [5.41, 5.74) is 1.73. The van der Waals surface area contributed by atoms with E-state index in [2.05, 4.69) is 5.16 Å². The van der Waals surface area contributed by atoms with E-state index in [4.69, 9.17) is 19.0 Å². The fourth-order valence-electron chi connectivity index (χ4n) is 3.52. The van der Waals surface area contributed by atoms with Crippen LogP contribution in [-0.4, -0.2) is 61.8 Å². The van der Waals surface area contributed by atoms with E-state index in [-0.39, 0.29) is 5.91 Å². The molecule has 1 spiro atoms. The summed E-state index contributed by atoms with van der Waals surface area (Å²) in [7, 11) is 1.63. The zero-order valence-corrected chi connectivity index (χ0v) is 14.3. The predicted molar refractivity (Wildman–Crippen MR) is 89.5 cm³/mol. The molecule has 7 nitrogen and oxygen atoms in total. The van der Waals surface area contributed by atoms with E-state index >= 15 is 0 Å². The molecule has 3 aliphatic heterocycles. The van der Waals surface area contributed by atoms with Gasteiger partial charge in [0.15, 0.2) is 5.79 Å². The molecule has 0 radical (unpaired) electrons. The van der Waals surface area contributed by atoms with Crippen molar-refractivity contribution in [1.82, 2.24) is 4.90 Å². The van der Waals surface area contributed by atoms with E-state index < -0.39 is 11.9 Å². The van der Waals surface area contributed by atoms with Crippen molar-refractivity contribution in [2.45, 2.75) is 31.2 Å². The molecule has 1 amide bonds. The third-order valence-corrected chi connectivity index (χ3v) is 5.02. The minimum atomic E-state index is -0.545. The third-order valence-electron chi connectivity index (χ3n) is 5.02. The van der Waals surface area contributed by atoms with Crippen molar-refractivity contribution in [3.05, 3.63) is 29.8 Å². The fraction of sp³-hybridized carbons (Fsp3) is 0.556. The zero-order chi connectivity index (χ0) is 17.3. The first-order valence-electron chi connectivity index (χ1n) is 8.63. The molecule has 0 N–H and O–H groups in total. The molecule has 2 saturated heterocycles. The normalized spacial score (nSPS) is 24.9. The van der Waals surface area contributed by atoms with Crippen LogP contribution in [0.25, 0.3) is 0 Å². The van der Waals surface area contributed by atoms with Gasteiger partial charge in [0.1, 0.15) is 5.75 Å². The molecule has 1 aromatic rings. The molecule has 3 heterocycles. The van der Waals surface area contributed by atoms with Gasteiger partial charge in [0.2, 0.25) is 6.10 Å². The van der Waals surface area contributed by atoms with E-state index in [0.717, 1.165) is 17.0 Å². The van der Waals surface area contributed by atoms with Crippen molar-refractivity contribution in [2.24, 2.45) is 5.16 Å². The Balaban J connectivity index is 1.33. The van der Waals surface area contributed by atoms with Crippen LogP contribution < -0.4 is 4.74 Å². The lowest BCUT2D eigenvalue weighted by Crippen LogP contribution is -2.50. The van der Waals surface area contributed by atoms with Gasteiger partial charge in [-0.3, -0.25) is 4.79 Å². The summed E-state index contributed by atoms with van der Waals surface area (Å²) in [6.45, 7) is 2.52. The number of hydrogen-bond acceptors (Lipinski definition) is 6. The fourth-order valence-corrected chi connectivity index (χ4v) is 3.52. The van der Waals surface area contributed by atoms with Crippen LogP contribution >= 0.6 is 0 Å². The quantitative estimate of drug-likeness (QED) is 0.831. The second-order valence-electron chi connectivity index (χ2n) is 6.50. The van der Waals surface area contributed by atoms with Crippen LogP contribution in [0.5, 0.6) is 5.75 Å². The third kappa shape index (κ3) is 3.21. The molecule has 7 heteroatoms. The highest BCUT2D eigenvalue weighted by molar-refractivity contribution is 6.04. The van der Waals surface area contributed by atoms with Gasteiger partial charge >= 0.3 is 0 Å². The maximum Gasteiger partial charge on any atom is 0.266 e. The maximum absolute atomic E-state index is 12.7. The Hall–Kier alpha value is -2.12. The minimum Gasteiger partial charge on any atom is -0.497 e. The lowest BCUT2D eigenvalue weighted by molar-refractivity contribution is -0.189. The van der Waals surface area contributed by atoms with Gasteiger partial charge in [0.05, 0.1) is 26.0 Å². The van der Waals surface area contributed by atoms with E-state index in [1.807, 2.05) is 29.2 Å². The summed E-state index contributed by atoms with van der Waals surface area (Å²) < 4.78 is 16.6. The molecule has 2 fully saturated rings. The summed E-state index contributed by atoms with van der Waals surface area (Å²) in [5, 5.41) is 4.11. The van der Waals surface area contributed by atoms with E-state index in [1.165, 1.54) is 0 Å². The second kappa shape index (κ2) is 6.65. The zero-order valence-electron chi connectivity index (χ0n) is 14.3. The monoisotopic (exact) mass is 346 g/mol. The average molecular weight is 346 g/mol. The van der Waals surface area contributed by atoms with E-state index in [1.54, 1.807) is 7.11 Å². The van der Waals surface area contributed by atoms with Gasteiger partial charge < -0.3 is 23.9 Å². The summed E-state index contributed by atoms with van der Waals surface area (Å²) >= 11 is 0. The number of rotatable bonds is 3. The van der Waals surface area contributed by atoms with Crippen molar-refractivity contribution < 1.29 is 23.8 Å². The van der Waals surface area contributed by atoms with Crippen LogP contribution in [0, 0.1) is 0 Å². The Morgan fingerprint density at radius 2 is 1.88 bits per heavy atom. The second-order valence-corrected chi connectivity index (χ2v) is 6.50. The van der Waals surface area contributed by atoms with Crippen molar-refractivity contribution in [3.8, 4) is 5.75 Å². The number of amides is 1. The van der Waals surface area contributed by atoms with Crippen LogP contribution in [-0.2, 0) is 19.1 Å². The summed E-state index contributed by atoms with van der Waals surface area (Å²) in [4.78, 5) is 19.9. The van der Waals surface area contributed by atoms with E-state index in [9.17, 15) is 4.79 Å². The SMILES string of the molecule is COc1ccc(C2=NOC(C(=O)N3CCC4(CC3)OCCO4)C2)cc1. The summed E-state index contributed by atoms with van der Waals surface area (Å²) in [6.07, 6.45) is 1.35. The lowest BCUT2D eigenvalue weighted by atomic mass is 10.0. The Bertz CT molecular complexity index is 657. The minimum absolute atomic E-state index is 0.0138. The van der Waals surface area contributed by atoms with Crippen LogP contribution in [0.4, 0.5) is 0 Å². The Morgan fingerprint density at radius 3 is 2.52 bits per heavy atom. The van der Waals surface area contributed by atoms with Crippen molar-refractivity contribution in [3.63, 3.8) is 0 Å². The van der Waals surface area contributed by atoms with Gasteiger partial charge in [-0.05, 0) is 29.8 Å². The highest BCUT2D eigenvalue weighted by Crippen LogP contribution is 2.32. The Morgan fingerprint density at radius 1 is 1.20 bits per heavy atom. The number of oxime groups is 1. The van der Waals surface area contributed by atoms with Gasteiger partial charge in [-0.15, -0.1) is 0 Å². The first-order chi connectivity index (χ1) is 12.2. The number of methoxy groups -OCH3 is 1. The molecule has 0 aromatic heterocycles. The van der Waals surface area contributed by atoms with Gasteiger partial charge in [-0.2, -0.15) is 0 Å². The first-order valence-corrected chi connectivity index (χ1v) is 8.63. The lowest BCUT2D eigenvalue weighted by Gasteiger charge is -2.38. The van der Waals surface area contributed by atoms with Crippen molar-refractivity contribution in [1.29, 1.82) is 0 Å². The Kier molecular flexibility index (Phi) is 4.35. The number of piperidine rings is 1. The van der Waals surface area contributed by atoms with Crippen LogP contribution in [0.15, 0.2) is 29.4 Å². The Labute approximate surface area is 146 Å².